The van der Waals surface area contributed by atoms with Crippen LogP contribution in [0.5, 0.6) is 0 Å². The number of aliphatic hydroxyl groups excluding tert-OH is 1. The Morgan fingerprint density at radius 2 is 2.30 bits per heavy atom. The van der Waals surface area contributed by atoms with Gasteiger partial charge >= 0.3 is 7.82 Å². The van der Waals surface area contributed by atoms with Crippen LogP contribution in [0.2, 0.25) is 0 Å². The lowest BCUT2D eigenvalue weighted by molar-refractivity contribution is -0.0216. The van der Waals surface area contributed by atoms with Crippen LogP contribution in [-0.4, -0.2) is 63.6 Å². The van der Waals surface area contributed by atoms with Crippen molar-refractivity contribution in [2.45, 2.75) is 24.9 Å². The fourth-order valence-corrected chi connectivity index (χ4v) is 3.45. The Kier molecular flexibility index (Phi) is 4.17. The minimum absolute atomic E-state index is 0.123. The number of hydrogen-bond donors (Lipinski definition) is 4. The maximum atomic E-state index is 11.9. The Hall–Kier alpha value is -1.49. The van der Waals surface area contributed by atoms with E-state index in [4.69, 9.17) is 14.5 Å². The van der Waals surface area contributed by atoms with Crippen LogP contribution in [0.25, 0.3) is 0 Å². The molecule has 1 aromatic heterocycles. The summed E-state index contributed by atoms with van der Waals surface area (Å²) < 4.78 is 21.3. The first-order valence-corrected chi connectivity index (χ1v) is 8.39. The SMILES string of the molecule is CN1CN([C@H]2C[C@H](OP(=O)(O)O)[C@@H](CO)O2)c2nc[nH]c(=O)c21. The second kappa shape index (κ2) is 5.86. The zero-order valence-electron chi connectivity index (χ0n) is 12.2. The van der Waals surface area contributed by atoms with Gasteiger partial charge in [-0.15, -0.1) is 0 Å². The van der Waals surface area contributed by atoms with Gasteiger partial charge in [-0.1, -0.05) is 0 Å². The van der Waals surface area contributed by atoms with Crippen LogP contribution in [0.15, 0.2) is 11.1 Å². The summed E-state index contributed by atoms with van der Waals surface area (Å²) in [6.07, 6.45) is -1.05. The van der Waals surface area contributed by atoms with E-state index < -0.39 is 32.9 Å². The van der Waals surface area contributed by atoms with Crippen LogP contribution in [0, 0.1) is 0 Å². The summed E-state index contributed by atoms with van der Waals surface area (Å²) >= 11 is 0. The van der Waals surface area contributed by atoms with Crippen LogP contribution in [0.3, 0.4) is 0 Å². The summed E-state index contributed by atoms with van der Waals surface area (Å²) in [6, 6.07) is 0. The van der Waals surface area contributed by atoms with Crippen molar-refractivity contribution in [1.82, 2.24) is 9.97 Å². The van der Waals surface area contributed by atoms with E-state index in [1.54, 1.807) is 16.8 Å². The molecule has 0 aliphatic carbocycles. The summed E-state index contributed by atoms with van der Waals surface area (Å²) in [5.74, 6) is 0.412. The fraction of sp³-hybridized carbons (Fsp3) is 0.636. The predicted octanol–water partition coefficient (Wildman–Crippen LogP) is -1.43. The molecule has 3 heterocycles. The van der Waals surface area contributed by atoms with Crippen molar-refractivity contribution in [1.29, 1.82) is 0 Å². The molecule has 4 N–H and O–H groups in total. The van der Waals surface area contributed by atoms with Gasteiger partial charge in [-0.2, -0.15) is 0 Å². The molecule has 12 heteroatoms. The number of H-pyrrole nitrogens is 1. The smallest absolute Gasteiger partial charge is 0.394 e. The minimum atomic E-state index is -4.70. The van der Waals surface area contributed by atoms with Crippen molar-refractivity contribution < 1.29 is 28.7 Å². The van der Waals surface area contributed by atoms with E-state index in [9.17, 15) is 14.5 Å². The molecule has 128 valence electrons. The molecular weight excluding hydrogens is 331 g/mol. The van der Waals surface area contributed by atoms with Crippen molar-refractivity contribution in [2.75, 3.05) is 30.1 Å². The Labute approximate surface area is 130 Å². The normalized spacial score (nSPS) is 27.6. The van der Waals surface area contributed by atoms with Gasteiger partial charge in [0.25, 0.3) is 5.56 Å². The molecule has 1 fully saturated rings. The van der Waals surface area contributed by atoms with E-state index in [0.29, 0.717) is 18.2 Å². The Morgan fingerprint density at radius 1 is 1.57 bits per heavy atom. The predicted molar refractivity (Wildman–Crippen MR) is 77.9 cm³/mol. The van der Waals surface area contributed by atoms with E-state index in [1.807, 2.05) is 0 Å². The molecule has 2 aliphatic rings. The van der Waals surface area contributed by atoms with Crippen molar-refractivity contribution in [3.05, 3.63) is 16.7 Å². The lowest BCUT2D eigenvalue weighted by Gasteiger charge is -2.25. The number of nitrogens with one attached hydrogen (secondary N) is 1. The number of nitrogens with zero attached hydrogens (tertiary/aromatic N) is 3. The number of rotatable bonds is 4. The molecular formula is C11H17N4O7P. The monoisotopic (exact) mass is 348 g/mol. The number of phosphoric acid groups is 1. The average Bonchev–Trinajstić information content (AvgIpc) is 2.99. The molecule has 1 aromatic rings. The Balaban J connectivity index is 1.83. The number of aromatic amines is 1. The van der Waals surface area contributed by atoms with E-state index in [-0.39, 0.29) is 12.0 Å². The van der Waals surface area contributed by atoms with Crippen LogP contribution in [0.4, 0.5) is 11.5 Å². The van der Waals surface area contributed by atoms with Gasteiger partial charge in [-0.3, -0.25) is 9.32 Å². The second-order valence-electron chi connectivity index (χ2n) is 5.39. The van der Waals surface area contributed by atoms with Crippen molar-refractivity contribution >= 4 is 19.3 Å². The second-order valence-corrected chi connectivity index (χ2v) is 6.59. The lowest BCUT2D eigenvalue weighted by Crippen LogP contribution is -2.38. The molecule has 1 saturated heterocycles. The van der Waals surface area contributed by atoms with Crippen molar-refractivity contribution in [3.8, 4) is 0 Å². The van der Waals surface area contributed by atoms with Gasteiger partial charge in [-0.05, 0) is 0 Å². The fourth-order valence-electron chi connectivity index (χ4n) is 2.88. The quantitative estimate of drug-likeness (QED) is 0.477. The Morgan fingerprint density at radius 3 is 2.96 bits per heavy atom. The molecule has 0 radical (unpaired) electrons. The number of hydrogen-bond acceptors (Lipinski definition) is 8. The number of aromatic nitrogens is 2. The van der Waals surface area contributed by atoms with Crippen molar-refractivity contribution in [3.63, 3.8) is 0 Å². The largest absolute Gasteiger partial charge is 0.469 e. The maximum absolute atomic E-state index is 11.9. The standard InChI is InChI=1S/C11H17N4O7P/c1-14-5-15(10-9(14)11(17)13-4-12-10)8-2-6(7(3-16)21-8)22-23(18,19)20/h4,6-8,16H,2-3,5H2,1H3,(H,12,13,17)(H2,18,19,20)/t6-,7+,8+/m0/s1. The Bertz CT molecular complexity index is 691. The van der Waals surface area contributed by atoms with Crippen LogP contribution >= 0.6 is 7.82 Å². The summed E-state index contributed by atoms with van der Waals surface area (Å²) in [5, 5.41) is 9.33. The van der Waals surface area contributed by atoms with Crippen LogP contribution in [-0.2, 0) is 13.8 Å². The molecule has 3 rings (SSSR count). The van der Waals surface area contributed by atoms with E-state index in [2.05, 4.69) is 14.5 Å². The third-order valence-electron chi connectivity index (χ3n) is 3.81. The third-order valence-corrected chi connectivity index (χ3v) is 4.35. The summed E-state index contributed by atoms with van der Waals surface area (Å²) in [7, 11) is -2.98. The zero-order valence-corrected chi connectivity index (χ0v) is 13.1. The van der Waals surface area contributed by atoms with Gasteiger partial charge in [0, 0.05) is 13.5 Å². The molecule has 3 atom stereocenters. The highest BCUT2D eigenvalue weighted by atomic mass is 31.2. The number of anilines is 2. The highest BCUT2D eigenvalue weighted by Crippen LogP contribution is 2.43. The van der Waals surface area contributed by atoms with Gasteiger partial charge in [0.2, 0.25) is 0 Å². The van der Waals surface area contributed by atoms with Crippen molar-refractivity contribution in [2.24, 2.45) is 0 Å². The van der Waals surface area contributed by atoms with Crippen LogP contribution < -0.4 is 15.4 Å². The molecule has 0 unspecified atom stereocenters. The first kappa shape index (κ1) is 16.4. The average molecular weight is 348 g/mol. The number of phosphoric ester groups is 1. The lowest BCUT2D eigenvalue weighted by atomic mass is 10.2. The van der Waals surface area contributed by atoms with E-state index in [1.165, 1.54) is 6.33 Å². The summed E-state index contributed by atoms with van der Waals surface area (Å²) in [4.78, 5) is 39.8. The molecule has 23 heavy (non-hydrogen) atoms. The van der Waals surface area contributed by atoms with Gasteiger partial charge in [0.15, 0.2) is 5.82 Å². The van der Waals surface area contributed by atoms with E-state index in [0.717, 1.165) is 0 Å². The summed E-state index contributed by atoms with van der Waals surface area (Å²) in [6.45, 7) is -0.124. The minimum Gasteiger partial charge on any atom is -0.394 e. The first-order chi connectivity index (χ1) is 10.8. The van der Waals surface area contributed by atoms with Gasteiger partial charge in [-0.25, -0.2) is 9.55 Å². The third kappa shape index (κ3) is 3.11. The molecule has 2 aliphatic heterocycles. The highest BCUT2D eigenvalue weighted by Gasteiger charge is 2.44. The van der Waals surface area contributed by atoms with Gasteiger partial charge in [0.1, 0.15) is 24.1 Å². The summed E-state index contributed by atoms with van der Waals surface area (Å²) in [5.41, 5.74) is 0.0933. The first-order valence-electron chi connectivity index (χ1n) is 6.86. The molecule has 0 spiro atoms. The van der Waals surface area contributed by atoms with Gasteiger partial charge in [0.05, 0.1) is 19.6 Å². The zero-order chi connectivity index (χ0) is 16.8. The molecule has 0 saturated carbocycles. The molecule has 11 nitrogen and oxygen atoms in total. The van der Waals surface area contributed by atoms with Crippen LogP contribution in [0.1, 0.15) is 6.42 Å². The van der Waals surface area contributed by atoms with E-state index >= 15 is 0 Å². The number of ether oxygens (including phenoxy) is 1. The molecule has 0 amide bonds. The number of aliphatic hydroxyl groups is 1. The topological polar surface area (TPSA) is 148 Å². The number of fused-ring (bicyclic) bond motifs is 1. The highest BCUT2D eigenvalue weighted by molar-refractivity contribution is 7.46. The molecule has 0 bridgehead atoms. The maximum Gasteiger partial charge on any atom is 0.469 e. The van der Waals surface area contributed by atoms with Gasteiger partial charge < -0.3 is 34.4 Å². The molecule has 0 aromatic carbocycles.